The van der Waals surface area contributed by atoms with E-state index in [2.05, 4.69) is 30.1 Å². The second-order valence-electron chi connectivity index (χ2n) is 6.20. The highest BCUT2D eigenvalue weighted by molar-refractivity contribution is 5.95. The average Bonchev–Trinajstić information content (AvgIpc) is 3.47. The van der Waals surface area contributed by atoms with Gasteiger partial charge in [-0.05, 0) is 25.0 Å². The molecule has 1 N–H and O–H groups in total. The number of nitrogens with one attached hydrogen (secondary N) is 1. The summed E-state index contributed by atoms with van der Waals surface area (Å²) in [4.78, 5) is 29.4. The van der Waals surface area contributed by atoms with Gasteiger partial charge in [0.05, 0.1) is 17.4 Å². The Kier molecular flexibility index (Phi) is 3.98. The minimum absolute atomic E-state index is 0.0248. The van der Waals surface area contributed by atoms with Crippen molar-refractivity contribution in [3.8, 4) is 0 Å². The molecule has 0 bridgehead atoms. The fraction of sp³-hybridized carbons (Fsp3) is 0.412. The molecule has 0 atom stereocenters. The van der Waals surface area contributed by atoms with Gasteiger partial charge >= 0.3 is 0 Å². The van der Waals surface area contributed by atoms with Gasteiger partial charge in [0.15, 0.2) is 0 Å². The number of aromatic nitrogens is 3. The molecule has 124 valence electrons. The van der Waals surface area contributed by atoms with Crippen molar-refractivity contribution in [3.05, 3.63) is 42.5 Å². The van der Waals surface area contributed by atoms with Crippen LogP contribution in [0.1, 0.15) is 23.2 Å². The molecule has 24 heavy (non-hydrogen) atoms. The minimum Gasteiger partial charge on any atom is -0.367 e. The first-order chi connectivity index (χ1) is 11.8. The standard InChI is InChI=1S/C17H20N6O/c24-16(21-14-2-3-14)13-10-15(12-18-11-13)22-6-8-23(9-7-22)17-19-4-1-5-20-17/h1,4-5,10-12,14H,2-3,6-9H2,(H,21,24). The Morgan fingerprint density at radius 1 is 1.04 bits per heavy atom. The van der Waals surface area contributed by atoms with Gasteiger partial charge in [0.25, 0.3) is 5.91 Å². The smallest absolute Gasteiger partial charge is 0.253 e. The van der Waals surface area contributed by atoms with Gasteiger partial charge in [0, 0.05) is 50.8 Å². The van der Waals surface area contributed by atoms with Crippen LogP contribution in [0, 0.1) is 0 Å². The molecule has 7 heteroatoms. The third-order valence-electron chi connectivity index (χ3n) is 4.38. The Labute approximate surface area is 140 Å². The van der Waals surface area contributed by atoms with Gasteiger partial charge in [0.2, 0.25) is 5.95 Å². The van der Waals surface area contributed by atoms with Crippen LogP contribution in [0.3, 0.4) is 0 Å². The highest BCUT2D eigenvalue weighted by Crippen LogP contribution is 2.21. The van der Waals surface area contributed by atoms with Gasteiger partial charge < -0.3 is 15.1 Å². The number of pyridine rings is 1. The van der Waals surface area contributed by atoms with Gasteiger partial charge in [-0.3, -0.25) is 9.78 Å². The Balaban J connectivity index is 1.41. The molecule has 1 aliphatic heterocycles. The summed E-state index contributed by atoms with van der Waals surface area (Å²) in [6.45, 7) is 3.41. The molecule has 0 aromatic carbocycles. The highest BCUT2D eigenvalue weighted by atomic mass is 16.1. The van der Waals surface area contributed by atoms with E-state index in [0.717, 1.165) is 50.7 Å². The zero-order chi connectivity index (χ0) is 16.4. The zero-order valence-electron chi connectivity index (χ0n) is 13.4. The van der Waals surface area contributed by atoms with Crippen molar-refractivity contribution in [3.63, 3.8) is 0 Å². The number of hydrogen-bond acceptors (Lipinski definition) is 6. The SMILES string of the molecule is O=C(NC1CC1)c1cncc(N2CCN(c3ncccn3)CC2)c1. The fourth-order valence-corrected chi connectivity index (χ4v) is 2.84. The molecule has 1 saturated heterocycles. The van der Waals surface area contributed by atoms with E-state index >= 15 is 0 Å². The van der Waals surface area contributed by atoms with Gasteiger partial charge in [-0.25, -0.2) is 9.97 Å². The first-order valence-electron chi connectivity index (χ1n) is 8.32. The van der Waals surface area contributed by atoms with Crippen molar-refractivity contribution in [2.24, 2.45) is 0 Å². The number of piperazine rings is 1. The molecule has 3 heterocycles. The predicted octanol–water partition coefficient (Wildman–Crippen LogP) is 1.09. The molecule has 1 saturated carbocycles. The molecular formula is C17H20N6O. The van der Waals surface area contributed by atoms with Crippen molar-refractivity contribution in [2.75, 3.05) is 36.0 Å². The molecule has 2 aliphatic rings. The summed E-state index contributed by atoms with van der Waals surface area (Å²) in [6.07, 6.45) is 9.16. The summed E-state index contributed by atoms with van der Waals surface area (Å²) in [5.41, 5.74) is 1.63. The van der Waals surface area contributed by atoms with E-state index in [0.29, 0.717) is 11.6 Å². The Morgan fingerprint density at radius 3 is 2.46 bits per heavy atom. The number of anilines is 2. The van der Waals surface area contributed by atoms with Crippen molar-refractivity contribution in [1.82, 2.24) is 20.3 Å². The second-order valence-corrected chi connectivity index (χ2v) is 6.20. The summed E-state index contributed by atoms with van der Waals surface area (Å²) in [5.74, 6) is 0.746. The molecule has 0 spiro atoms. The lowest BCUT2D eigenvalue weighted by Crippen LogP contribution is -2.47. The van der Waals surface area contributed by atoms with Crippen molar-refractivity contribution >= 4 is 17.5 Å². The minimum atomic E-state index is -0.0248. The molecule has 2 fully saturated rings. The second kappa shape index (κ2) is 6.43. The third kappa shape index (κ3) is 3.29. The average molecular weight is 324 g/mol. The van der Waals surface area contributed by atoms with Crippen LogP contribution in [0.2, 0.25) is 0 Å². The number of carbonyl (C=O) groups excluding carboxylic acids is 1. The molecule has 7 nitrogen and oxygen atoms in total. The quantitative estimate of drug-likeness (QED) is 0.907. The molecule has 2 aromatic rings. The van der Waals surface area contributed by atoms with Crippen LogP contribution in [0.25, 0.3) is 0 Å². The van der Waals surface area contributed by atoms with Crippen LogP contribution in [0.5, 0.6) is 0 Å². The highest BCUT2D eigenvalue weighted by Gasteiger charge is 2.24. The van der Waals surface area contributed by atoms with Crippen molar-refractivity contribution in [1.29, 1.82) is 0 Å². The molecule has 1 amide bonds. The molecule has 1 aliphatic carbocycles. The largest absolute Gasteiger partial charge is 0.367 e. The predicted molar refractivity (Wildman–Crippen MR) is 91.2 cm³/mol. The molecule has 4 rings (SSSR count). The number of rotatable bonds is 4. The number of amides is 1. The topological polar surface area (TPSA) is 74.2 Å². The van der Waals surface area contributed by atoms with Crippen LogP contribution in [0.15, 0.2) is 36.9 Å². The fourth-order valence-electron chi connectivity index (χ4n) is 2.84. The normalized spacial score (nSPS) is 17.7. The van der Waals surface area contributed by atoms with Gasteiger partial charge in [-0.1, -0.05) is 0 Å². The van der Waals surface area contributed by atoms with E-state index in [1.54, 1.807) is 18.6 Å². The van der Waals surface area contributed by atoms with Crippen LogP contribution >= 0.6 is 0 Å². The van der Waals surface area contributed by atoms with E-state index in [1.165, 1.54) is 0 Å². The maximum Gasteiger partial charge on any atom is 0.253 e. The van der Waals surface area contributed by atoms with Crippen LogP contribution in [-0.4, -0.2) is 53.1 Å². The molecule has 2 aromatic heterocycles. The third-order valence-corrected chi connectivity index (χ3v) is 4.38. The Bertz CT molecular complexity index is 710. The number of nitrogens with zero attached hydrogens (tertiary/aromatic N) is 5. The maximum absolute atomic E-state index is 12.2. The lowest BCUT2D eigenvalue weighted by atomic mass is 10.2. The van der Waals surface area contributed by atoms with E-state index in [9.17, 15) is 4.79 Å². The van der Waals surface area contributed by atoms with E-state index < -0.39 is 0 Å². The molecule has 0 unspecified atom stereocenters. The number of hydrogen-bond donors (Lipinski definition) is 1. The zero-order valence-corrected chi connectivity index (χ0v) is 13.4. The van der Waals surface area contributed by atoms with Gasteiger partial charge in [-0.15, -0.1) is 0 Å². The summed E-state index contributed by atoms with van der Waals surface area (Å²) < 4.78 is 0. The summed E-state index contributed by atoms with van der Waals surface area (Å²) in [5, 5.41) is 3.01. The number of carbonyl (C=O) groups is 1. The molecule has 0 radical (unpaired) electrons. The van der Waals surface area contributed by atoms with Crippen LogP contribution in [0.4, 0.5) is 11.6 Å². The van der Waals surface area contributed by atoms with Crippen molar-refractivity contribution < 1.29 is 4.79 Å². The molecular weight excluding hydrogens is 304 g/mol. The van der Waals surface area contributed by atoms with E-state index in [4.69, 9.17) is 0 Å². The monoisotopic (exact) mass is 324 g/mol. The van der Waals surface area contributed by atoms with Gasteiger partial charge in [0.1, 0.15) is 0 Å². The lowest BCUT2D eigenvalue weighted by Gasteiger charge is -2.35. The summed E-state index contributed by atoms with van der Waals surface area (Å²) in [7, 11) is 0. The Hall–Kier alpha value is -2.70. The lowest BCUT2D eigenvalue weighted by molar-refractivity contribution is 0.0950. The summed E-state index contributed by atoms with van der Waals surface area (Å²) >= 11 is 0. The van der Waals surface area contributed by atoms with Crippen molar-refractivity contribution in [2.45, 2.75) is 18.9 Å². The van der Waals surface area contributed by atoms with E-state index in [1.807, 2.05) is 18.3 Å². The Morgan fingerprint density at radius 2 is 1.75 bits per heavy atom. The first kappa shape index (κ1) is 14.9. The van der Waals surface area contributed by atoms with Crippen LogP contribution < -0.4 is 15.1 Å². The van der Waals surface area contributed by atoms with Crippen LogP contribution in [-0.2, 0) is 0 Å². The summed E-state index contributed by atoms with van der Waals surface area (Å²) in [6, 6.07) is 4.11. The first-order valence-corrected chi connectivity index (χ1v) is 8.32. The van der Waals surface area contributed by atoms with Gasteiger partial charge in [-0.2, -0.15) is 0 Å². The van der Waals surface area contributed by atoms with E-state index in [-0.39, 0.29) is 5.91 Å². The maximum atomic E-state index is 12.2.